The number of ether oxygens (including phenoxy) is 1. The van der Waals surface area contributed by atoms with Crippen LogP contribution in [0.25, 0.3) is 6.08 Å². The number of hydrogen-bond acceptors (Lipinski definition) is 5. The number of carbonyl (C=O) groups is 1. The second-order valence-corrected chi connectivity index (χ2v) is 7.59. The summed E-state index contributed by atoms with van der Waals surface area (Å²) in [6.45, 7) is 5.95. The Labute approximate surface area is 169 Å². The molecule has 2 aliphatic rings. The number of carbonyl (C=O) groups excluding carboxylic acids is 1. The molecule has 28 heavy (non-hydrogen) atoms. The van der Waals surface area contributed by atoms with E-state index in [0.717, 1.165) is 42.7 Å². The zero-order valence-corrected chi connectivity index (χ0v) is 16.7. The predicted molar refractivity (Wildman–Crippen MR) is 116 cm³/mol. The maximum atomic E-state index is 12.8. The topological polar surface area (TPSA) is 45.1 Å². The highest BCUT2D eigenvalue weighted by atomic mass is 32.2. The van der Waals surface area contributed by atoms with E-state index in [0.29, 0.717) is 11.4 Å². The smallest absolute Gasteiger partial charge is 0.266 e. The van der Waals surface area contributed by atoms with Crippen LogP contribution in [-0.4, -0.2) is 48.8 Å². The number of benzene rings is 2. The van der Waals surface area contributed by atoms with Gasteiger partial charge in [0.05, 0.1) is 23.8 Å². The number of rotatable bonds is 4. The molecule has 5 nitrogen and oxygen atoms in total. The minimum atomic E-state index is 0.0134. The fourth-order valence-electron chi connectivity index (χ4n) is 3.24. The molecule has 2 heterocycles. The lowest BCUT2D eigenvalue weighted by molar-refractivity contribution is -0.122. The summed E-state index contributed by atoms with van der Waals surface area (Å²) in [6, 6.07) is 18.1. The minimum absolute atomic E-state index is 0.0134. The van der Waals surface area contributed by atoms with E-state index in [4.69, 9.17) is 4.74 Å². The Morgan fingerprint density at radius 3 is 2.46 bits per heavy atom. The first-order chi connectivity index (χ1) is 13.7. The van der Waals surface area contributed by atoms with Crippen LogP contribution >= 0.6 is 11.8 Å². The molecular weight excluding hydrogens is 370 g/mol. The molecule has 6 heteroatoms. The Morgan fingerprint density at radius 1 is 1.07 bits per heavy atom. The van der Waals surface area contributed by atoms with Crippen LogP contribution in [-0.2, 0) is 9.53 Å². The van der Waals surface area contributed by atoms with Crippen molar-refractivity contribution in [3.63, 3.8) is 0 Å². The summed E-state index contributed by atoms with van der Waals surface area (Å²) in [5.74, 6) is 0.0134. The summed E-state index contributed by atoms with van der Waals surface area (Å²) in [6.07, 6.45) is 1.95. The SMILES string of the molecule is CCN1C(=O)/C(=C/c2ccc(N3CCOCC3)cc2)SC1=Nc1ccccc1. The van der Waals surface area contributed by atoms with E-state index < -0.39 is 0 Å². The van der Waals surface area contributed by atoms with Crippen LogP contribution in [0, 0.1) is 0 Å². The van der Waals surface area contributed by atoms with Crippen molar-refractivity contribution < 1.29 is 9.53 Å². The van der Waals surface area contributed by atoms with E-state index in [-0.39, 0.29) is 5.91 Å². The molecule has 0 aromatic heterocycles. The van der Waals surface area contributed by atoms with Gasteiger partial charge in [0.2, 0.25) is 0 Å². The number of likely N-dealkylation sites (N-methyl/N-ethyl adjacent to an activating group) is 1. The van der Waals surface area contributed by atoms with Gasteiger partial charge in [-0.3, -0.25) is 9.69 Å². The van der Waals surface area contributed by atoms with E-state index in [1.54, 1.807) is 4.90 Å². The lowest BCUT2D eigenvalue weighted by Gasteiger charge is -2.28. The molecule has 1 amide bonds. The van der Waals surface area contributed by atoms with Gasteiger partial charge in [0.1, 0.15) is 0 Å². The summed E-state index contributed by atoms with van der Waals surface area (Å²) >= 11 is 1.43. The summed E-state index contributed by atoms with van der Waals surface area (Å²) in [4.78, 5) is 22.2. The van der Waals surface area contributed by atoms with E-state index in [2.05, 4.69) is 34.2 Å². The van der Waals surface area contributed by atoms with Crippen LogP contribution in [0.2, 0.25) is 0 Å². The van der Waals surface area contributed by atoms with Crippen molar-refractivity contribution in [1.29, 1.82) is 0 Å². The molecule has 0 bridgehead atoms. The van der Waals surface area contributed by atoms with Gasteiger partial charge < -0.3 is 9.64 Å². The maximum absolute atomic E-state index is 12.8. The molecule has 2 saturated heterocycles. The van der Waals surface area contributed by atoms with E-state index in [1.165, 1.54) is 17.4 Å². The third kappa shape index (κ3) is 4.13. The Hall–Kier alpha value is -2.57. The van der Waals surface area contributed by atoms with Gasteiger partial charge in [0, 0.05) is 25.3 Å². The molecule has 0 radical (unpaired) electrons. The van der Waals surface area contributed by atoms with Crippen molar-refractivity contribution in [1.82, 2.24) is 4.90 Å². The summed E-state index contributed by atoms with van der Waals surface area (Å²) < 4.78 is 5.41. The number of anilines is 1. The van der Waals surface area contributed by atoms with Gasteiger partial charge in [-0.2, -0.15) is 0 Å². The van der Waals surface area contributed by atoms with Crippen molar-refractivity contribution in [2.75, 3.05) is 37.7 Å². The lowest BCUT2D eigenvalue weighted by atomic mass is 10.1. The Bertz CT molecular complexity index is 888. The van der Waals surface area contributed by atoms with Crippen LogP contribution < -0.4 is 4.90 Å². The first kappa shape index (κ1) is 18.8. The molecule has 4 rings (SSSR count). The summed E-state index contributed by atoms with van der Waals surface area (Å²) in [5, 5.41) is 0.731. The lowest BCUT2D eigenvalue weighted by Crippen LogP contribution is -2.36. The number of aliphatic imine (C=N–C) groups is 1. The van der Waals surface area contributed by atoms with Gasteiger partial charge in [-0.05, 0) is 54.6 Å². The van der Waals surface area contributed by atoms with Crippen LogP contribution in [0.4, 0.5) is 11.4 Å². The van der Waals surface area contributed by atoms with E-state index in [1.807, 2.05) is 43.3 Å². The second-order valence-electron chi connectivity index (χ2n) is 6.58. The largest absolute Gasteiger partial charge is 0.378 e. The van der Waals surface area contributed by atoms with Gasteiger partial charge >= 0.3 is 0 Å². The van der Waals surface area contributed by atoms with Crippen molar-refractivity contribution in [2.45, 2.75) is 6.92 Å². The van der Waals surface area contributed by atoms with E-state index >= 15 is 0 Å². The van der Waals surface area contributed by atoms with Crippen molar-refractivity contribution in [2.24, 2.45) is 4.99 Å². The quantitative estimate of drug-likeness (QED) is 0.732. The number of amidine groups is 1. The van der Waals surface area contributed by atoms with Gasteiger partial charge in [0.25, 0.3) is 5.91 Å². The van der Waals surface area contributed by atoms with E-state index in [9.17, 15) is 4.79 Å². The number of thioether (sulfide) groups is 1. The molecule has 144 valence electrons. The number of nitrogens with zero attached hydrogens (tertiary/aromatic N) is 3. The van der Waals surface area contributed by atoms with Crippen molar-refractivity contribution in [3.05, 3.63) is 65.1 Å². The predicted octanol–water partition coefficient (Wildman–Crippen LogP) is 4.15. The van der Waals surface area contributed by atoms with Gasteiger partial charge in [-0.15, -0.1) is 0 Å². The normalized spacial score (nSPS) is 20.4. The molecule has 0 unspecified atom stereocenters. The molecule has 2 fully saturated rings. The Morgan fingerprint density at radius 2 is 1.79 bits per heavy atom. The molecule has 2 aromatic carbocycles. The fourth-order valence-corrected chi connectivity index (χ4v) is 4.30. The summed E-state index contributed by atoms with van der Waals surface area (Å²) in [5.41, 5.74) is 3.06. The number of para-hydroxylation sites is 1. The first-order valence-electron chi connectivity index (χ1n) is 9.52. The van der Waals surface area contributed by atoms with Crippen LogP contribution in [0.15, 0.2) is 64.5 Å². The molecule has 0 spiro atoms. The molecular formula is C22H23N3O2S. The second kappa shape index (κ2) is 8.63. The van der Waals surface area contributed by atoms with Crippen LogP contribution in [0.3, 0.4) is 0 Å². The average molecular weight is 394 g/mol. The monoisotopic (exact) mass is 393 g/mol. The molecule has 0 N–H and O–H groups in total. The molecule has 2 aliphatic heterocycles. The van der Waals surface area contributed by atoms with Crippen LogP contribution in [0.5, 0.6) is 0 Å². The number of hydrogen-bond donors (Lipinski definition) is 0. The molecule has 0 saturated carbocycles. The van der Waals surface area contributed by atoms with Gasteiger partial charge in [0.15, 0.2) is 5.17 Å². The average Bonchev–Trinajstić information content (AvgIpc) is 3.04. The third-order valence-electron chi connectivity index (χ3n) is 4.75. The zero-order valence-electron chi connectivity index (χ0n) is 15.9. The zero-order chi connectivity index (χ0) is 19.3. The van der Waals surface area contributed by atoms with Crippen molar-refractivity contribution in [3.8, 4) is 0 Å². The highest BCUT2D eigenvalue weighted by Gasteiger charge is 2.32. The molecule has 2 aromatic rings. The van der Waals surface area contributed by atoms with Gasteiger partial charge in [-0.1, -0.05) is 30.3 Å². The summed E-state index contributed by atoms with van der Waals surface area (Å²) in [7, 11) is 0. The minimum Gasteiger partial charge on any atom is -0.378 e. The van der Waals surface area contributed by atoms with Crippen LogP contribution in [0.1, 0.15) is 12.5 Å². The number of amides is 1. The van der Waals surface area contributed by atoms with Gasteiger partial charge in [-0.25, -0.2) is 4.99 Å². The first-order valence-corrected chi connectivity index (χ1v) is 10.3. The van der Waals surface area contributed by atoms with Crippen molar-refractivity contribution >= 4 is 40.3 Å². The highest BCUT2D eigenvalue weighted by Crippen LogP contribution is 2.34. The number of morpholine rings is 1. The Kier molecular flexibility index (Phi) is 5.78. The third-order valence-corrected chi connectivity index (χ3v) is 5.76. The standard InChI is InChI=1S/C22H23N3O2S/c1-2-25-21(26)20(28-22(25)23-18-6-4-3-5-7-18)16-17-8-10-19(11-9-17)24-12-14-27-15-13-24/h3-11,16H,2,12-15H2,1H3/b20-16-,23-22?. The maximum Gasteiger partial charge on any atom is 0.266 e. The molecule has 0 atom stereocenters. The molecule has 0 aliphatic carbocycles. The fraction of sp³-hybridized carbons (Fsp3) is 0.273. The highest BCUT2D eigenvalue weighted by molar-refractivity contribution is 8.18. The Balaban J connectivity index is 1.54.